The zero-order valence-electron chi connectivity index (χ0n) is 16.3. The number of fused-ring (bicyclic) bond motifs is 2. The summed E-state index contributed by atoms with van der Waals surface area (Å²) in [4.78, 5) is 14.3. The molecule has 3 aliphatic rings. The fraction of sp³-hybridized carbons (Fsp3) is 0.348. The molecular weight excluding hydrogens is 384 g/mol. The van der Waals surface area contributed by atoms with Gasteiger partial charge in [-0.2, -0.15) is 0 Å². The van der Waals surface area contributed by atoms with Gasteiger partial charge in [-0.25, -0.2) is 0 Å². The molecule has 2 aromatic rings. The number of hydrogen-bond acceptors (Lipinski definition) is 5. The monoisotopic (exact) mass is 408 g/mol. The Morgan fingerprint density at radius 3 is 2.79 bits per heavy atom. The van der Waals surface area contributed by atoms with Gasteiger partial charge < -0.3 is 14.8 Å². The van der Waals surface area contributed by atoms with Crippen LogP contribution in [0.4, 0.5) is 0 Å². The molecular formula is C23H24N2O3S. The molecule has 3 atom stereocenters. The number of carbonyl (C=O) groups excluding carboxylic acids is 1. The summed E-state index contributed by atoms with van der Waals surface area (Å²) in [6.07, 6.45) is 3.13. The third kappa shape index (κ3) is 3.51. The number of benzene rings is 2. The van der Waals surface area contributed by atoms with Gasteiger partial charge in [0.1, 0.15) is 12.8 Å². The predicted molar refractivity (Wildman–Crippen MR) is 114 cm³/mol. The topological polar surface area (TPSA) is 59.6 Å². The van der Waals surface area contributed by atoms with Crippen LogP contribution < -0.4 is 20.1 Å². The molecule has 2 aromatic carbocycles. The van der Waals surface area contributed by atoms with Crippen LogP contribution in [0.15, 0.2) is 59.0 Å². The van der Waals surface area contributed by atoms with E-state index in [1.807, 2.05) is 60.3 Å². The SMILES string of the molecule is COc1cc(C2NC(=O)C3C4=C(CCC4)SC3N2)ccc1OCc1ccccc1. The van der Waals surface area contributed by atoms with Crippen LogP contribution >= 0.6 is 11.8 Å². The van der Waals surface area contributed by atoms with Gasteiger partial charge in [-0.3, -0.25) is 10.1 Å². The summed E-state index contributed by atoms with van der Waals surface area (Å²) in [5.41, 5.74) is 3.42. The first-order valence-electron chi connectivity index (χ1n) is 10.0. The molecule has 1 fully saturated rings. The van der Waals surface area contributed by atoms with Crippen molar-refractivity contribution in [2.75, 3.05) is 7.11 Å². The molecule has 1 amide bonds. The van der Waals surface area contributed by atoms with Crippen LogP contribution in [-0.4, -0.2) is 18.4 Å². The van der Waals surface area contributed by atoms with Crippen molar-refractivity contribution in [3.63, 3.8) is 0 Å². The van der Waals surface area contributed by atoms with E-state index in [-0.39, 0.29) is 23.4 Å². The predicted octanol–water partition coefficient (Wildman–Crippen LogP) is 4.12. The van der Waals surface area contributed by atoms with Gasteiger partial charge in [0.15, 0.2) is 11.5 Å². The van der Waals surface area contributed by atoms with E-state index in [9.17, 15) is 4.79 Å². The van der Waals surface area contributed by atoms with Crippen molar-refractivity contribution in [1.82, 2.24) is 10.6 Å². The Kier molecular flexibility index (Phi) is 4.97. The van der Waals surface area contributed by atoms with Crippen molar-refractivity contribution in [3.8, 4) is 11.5 Å². The summed E-state index contributed by atoms with van der Waals surface area (Å²) in [7, 11) is 1.64. The summed E-state index contributed by atoms with van der Waals surface area (Å²) in [6.45, 7) is 0.479. The molecule has 0 radical (unpaired) electrons. The molecule has 1 aliphatic carbocycles. The molecule has 6 heteroatoms. The minimum atomic E-state index is -0.228. The highest BCUT2D eigenvalue weighted by molar-refractivity contribution is 8.04. The van der Waals surface area contributed by atoms with E-state index in [1.54, 1.807) is 7.11 Å². The second-order valence-corrected chi connectivity index (χ2v) is 8.85. The van der Waals surface area contributed by atoms with Gasteiger partial charge >= 0.3 is 0 Å². The van der Waals surface area contributed by atoms with Crippen LogP contribution in [0, 0.1) is 5.92 Å². The minimum absolute atomic E-state index is 0.0240. The molecule has 5 rings (SSSR count). The van der Waals surface area contributed by atoms with E-state index in [0.717, 1.165) is 24.0 Å². The van der Waals surface area contributed by atoms with E-state index < -0.39 is 0 Å². The van der Waals surface area contributed by atoms with E-state index in [0.29, 0.717) is 18.1 Å². The highest BCUT2D eigenvalue weighted by atomic mass is 32.2. The number of hydrogen-bond donors (Lipinski definition) is 2. The van der Waals surface area contributed by atoms with Gasteiger partial charge in [-0.15, -0.1) is 11.8 Å². The Bertz CT molecular complexity index is 960. The van der Waals surface area contributed by atoms with Gasteiger partial charge in [-0.05, 0) is 53.0 Å². The normalized spacial score (nSPS) is 25.4. The molecule has 0 spiro atoms. The Labute approximate surface area is 174 Å². The van der Waals surface area contributed by atoms with Crippen molar-refractivity contribution in [2.24, 2.45) is 5.92 Å². The van der Waals surface area contributed by atoms with E-state index >= 15 is 0 Å². The number of nitrogens with one attached hydrogen (secondary N) is 2. The summed E-state index contributed by atoms with van der Waals surface area (Å²) < 4.78 is 11.5. The molecule has 3 unspecified atom stereocenters. The Balaban J connectivity index is 1.31. The highest BCUT2D eigenvalue weighted by Crippen LogP contribution is 2.51. The summed E-state index contributed by atoms with van der Waals surface area (Å²) >= 11 is 1.84. The van der Waals surface area contributed by atoms with Crippen LogP contribution in [0.1, 0.15) is 36.6 Å². The lowest BCUT2D eigenvalue weighted by Gasteiger charge is -2.35. The van der Waals surface area contributed by atoms with Gasteiger partial charge in [0, 0.05) is 0 Å². The zero-order valence-corrected chi connectivity index (χ0v) is 17.1. The van der Waals surface area contributed by atoms with Crippen LogP contribution in [0.2, 0.25) is 0 Å². The maximum Gasteiger partial charge on any atom is 0.231 e. The molecule has 0 aromatic heterocycles. The fourth-order valence-corrected chi connectivity index (χ4v) is 5.95. The van der Waals surface area contributed by atoms with Crippen LogP contribution in [0.3, 0.4) is 0 Å². The lowest BCUT2D eigenvalue weighted by molar-refractivity contribution is -0.127. The maximum atomic E-state index is 12.8. The van der Waals surface area contributed by atoms with Crippen molar-refractivity contribution >= 4 is 17.7 Å². The van der Waals surface area contributed by atoms with Crippen molar-refractivity contribution < 1.29 is 14.3 Å². The molecule has 1 saturated heterocycles. The molecule has 2 heterocycles. The summed E-state index contributed by atoms with van der Waals surface area (Å²) in [5.74, 6) is 1.46. The molecule has 0 bridgehead atoms. The van der Waals surface area contributed by atoms with Gasteiger partial charge in [0.2, 0.25) is 5.91 Å². The van der Waals surface area contributed by atoms with Gasteiger partial charge in [-0.1, -0.05) is 36.4 Å². The standard InChI is InChI=1S/C23H24N2O3S/c1-27-18-12-15(10-11-17(18)28-13-14-6-3-2-4-7-14)21-24-22(26)20-16-8-5-9-19(16)29-23(20)25-21/h2-4,6-7,10-12,20-21,23,25H,5,8-9,13H2,1H3,(H,24,26). The van der Waals surface area contributed by atoms with E-state index in [4.69, 9.17) is 9.47 Å². The minimum Gasteiger partial charge on any atom is -0.493 e. The second kappa shape index (κ2) is 7.76. The van der Waals surface area contributed by atoms with Crippen molar-refractivity contribution in [3.05, 3.63) is 70.1 Å². The van der Waals surface area contributed by atoms with Gasteiger partial charge in [0.05, 0.1) is 18.4 Å². The Morgan fingerprint density at radius 2 is 1.97 bits per heavy atom. The lowest BCUT2D eigenvalue weighted by atomic mass is 9.94. The lowest BCUT2D eigenvalue weighted by Crippen LogP contribution is -2.54. The quantitative estimate of drug-likeness (QED) is 0.779. The first-order valence-corrected chi connectivity index (χ1v) is 10.9. The van der Waals surface area contributed by atoms with Crippen LogP contribution in [0.25, 0.3) is 0 Å². The average Bonchev–Trinajstić information content (AvgIpc) is 3.33. The molecule has 0 saturated carbocycles. The maximum absolute atomic E-state index is 12.8. The number of carbonyl (C=O) groups is 1. The Hall–Kier alpha value is -2.44. The average molecular weight is 409 g/mol. The molecule has 29 heavy (non-hydrogen) atoms. The number of thioether (sulfide) groups is 1. The zero-order chi connectivity index (χ0) is 19.8. The second-order valence-electron chi connectivity index (χ2n) is 7.61. The number of methoxy groups -OCH3 is 1. The van der Waals surface area contributed by atoms with Crippen molar-refractivity contribution in [2.45, 2.75) is 37.4 Å². The number of amides is 1. The number of allylic oxidation sites excluding steroid dienone is 1. The third-order valence-corrected chi connectivity index (χ3v) is 7.23. The van der Waals surface area contributed by atoms with E-state index in [2.05, 4.69) is 10.6 Å². The van der Waals surface area contributed by atoms with Crippen LogP contribution in [0.5, 0.6) is 11.5 Å². The first kappa shape index (κ1) is 18.6. The molecule has 5 nitrogen and oxygen atoms in total. The highest BCUT2D eigenvalue weighted by Gasteiger charge is 2.46. The fourth-order valence-electron chi connectivity index (χ4n) is 4.37. The molecule has 2 aliphatic heterocycles. The summed E-state index contributed by atoms with van der Waals surface area (Å²) in [6, 6.07) is 15.9. The third-order valence-electron chi connectivity index (χ3n) is 5.81. The molecule has 2 N–H and O–H groups in total. The summed E-state index contributed by atoms with van der Waals surface area (Å²) in [5, 5.41) is 6.89. The van der Waals surface area contributed by atoms with Crippen LogP contribution in [-0.2, 0) is 11.4 Å². The number of ether oxygens (including phenoxy) is 2. The smallest absolute Gasteiger partial charge is 0.231 e. The number of rotatable bonds is 5. The largest absolute Gasteiger partial charge is 0.493 e. The Morgan fingerprint density at radius 1 is 1.10 bits per heavy atom. The van der Waals surface area contributed by atoms with Gasteiger partial charge in [0.25, 0.3) is 0 Å². The first-order chi connectivity index (χ1) is 14.2. The molecule has 150 valence electrons. The van der Waals surface area contributed by atoms with Crippen molar-refractivity contribution in [1.29, 1.82) is 0 Å². The van der Waals surface area contributed by atoms with E-state index in [1.165, 1.54) is 16.9 Å².